The molecule has 0 radical (unpaired) electrons. The number of hydrogen-bond acceptors (Lipinski definition) is 2. The molecular weight excluding hydrogens is 174 g/mol. The van der Waals surface area contributed by atoms with E-state index in [2.05, 4.69) is 5.32 Å². The number of hydrogen-bond donors (Lipinski definition) is 2. The fraction of sp³-hybridized carbons (Fsp3) is 1.00. The van der Waals surface area contributed by atoms with E-state index in [-0.39, 0.29) is 6.10 Å². The van der Waals surface area contributed by atoms with E-state index in [0.717, 1.165) is 25.4 Å². The van der Waals surface area contributed by atoms with Crippen molar-refractivity contribution in [1.82, 2.24) is 5.32 Å². The molecule has 1 atom stereocenters. The molecule has 14 heavy (non-hydrogen) atoms. The summed E-state index contributed by atoms with van der Waals surface area (Å²) < 4.78 is 0. The van der Waals surface area contributed by atoms with Crippen LogP contribution >= 0.6 is 0 Å². The van der Waals surface area contributed by atoms with E-state index in [0.29, 0.717) is 5.92 Å². The Bertz CT molecular complexity index is 160. The zero-order chi connectivity index (χ0) is 9.80. The highest BCUT2D eigenvalue weighted by molar-refractivity contribution is 4.83. The largest absolute Gasteiger partial charge is 0.393 e. The van der Waals surface area contributed by atoms with Crippen LogP contribution in [0.5, 0.6) is 0 Å². The summed E-state index contributed by atoms with van der Waals surface area (Å²) in [6.07, 6.45) is 9.36. The molecule has 0 aromatic carbocycles. The Morgan fingerprint density at radius 2 is 1.71 bits per heavy atom. The average molecular weight is 197 g/mol. The zero-order valence-corrected chi connectivity index (χ0v) is 9.04. The van der Waals surface area contributed by atoms with Gasteiger partial charge in [0.05, 0.1) is 6.10 Å². The maximum absolute atomic E-state index is 9.97. The Hall–Kier alpha value is -0.0800. The summed E-state index contributed by atoms with van der Waals surface area (Å²) in [7, 11) is 0. The molecule has 0 bridgehead atoms. The van der Waals surface area contributed by atoms with Gasteiger partial charge in [0.1, 0.15) is 0 Å². The predicted octanol–water partition coefficient (Wildman–Crippen LogP) is 1.93. The van der Waals surface area contributed by atoms with Gasteiger partial charge in [-0.2, -0.15) is 0 Å². The quantitative estimate of drug-likeness (QED) is 0.678. The van der Waals surface area contributed by atoms with Crippen LogP contribution in [0.3, 0.4) is 0 Å². The van der Waals surface area contributed by atoms with E-state index in [9.17, 15) is 5.11 Å². The van der Waals surface area contributed by atoms with E-state index < -0.39 is 0 Å². The molecule has 1 aliphatic heterocycles. The standard InChI is InChI=1S/C12H23NO/c14-12(11-8-13-9-11)7-10-5-3-1-2-4-6-10/h10-14H,1-9H2. The fourth-order valence-electron chi connectivity index (χ4n) is 2.72. The Labute approximate surface area is 87.1 Å². The minimum atomic E-state index is -0.0284. The minimum absolute atomic E-state index is 0.0284. The molecule has 0 aromatic rings. The van der Waals surface area contributed by atoms with Gasteiger partial charge < -0.3 is 10.4 Å². The van der Waals surface area contributed by atoms with Crippen molar-refractivity contribution in [3.8, 4) is 0 Å². The first-order valence-electron chi connectivity index (χ1n) is 6.25. The number of aliphatic hydroxyl groups is 1. The zero-order valence-electron chi connectivity index (χ0n) is 9.04. The van der Waals surface area contributed by atoms with Gasteiger partial charge in [0, 0.05) is 19.0 Å². The van der Waals surface area contributed by atoms with Crippen LogP contribution in [-0.2, 0) is 0 Å². The lowest BCUT2D eigenvalue weighted by Gasteiger charge is -2.33. The molecular formula is C12H23NO. The summed E-state index contributed by atoms with van der Waals surface area (Å²) in [6, 6.07) is 0. The lowest BCUT2D eigenvalue weighted by molar-refractivity contribution is 0.0529. The summed E-state index contributed by atoms with van der Waals surface area (Å²) in [5.41, 5.74) is 0. The molecule has 2 heteroatoms. The van der Waals surface area contributed by atoms with Gasteiger partial charge in [-0.15, -0.1) is 0 Å². The van der Waals surface area contributed by atoms with Crippen LogP contribution in [0.1, 0.15) is 44.9 Å². The Kier molecular flexibility index (Phi) is 3.82. The first-order valence-corrected chi connectivity index (χ1v) is 6.25. The van der Waals surface area contributed by atoms with Crippen LogP contribution in [0.25, 0.3) is 0 Å². The first kappa shape index (κ1) is 10.4. The smallest absolute Gasteiger partial charge is 0.0595 e. The lowest BCUT2D eigenvalue weighted by atomic mass is 9.86. The maximum atomic E-state index is 9.97. The highest BCUT2D eigenvalue weighted by atomic mass is 16.3. The molecule has 2 rings (SSSR count). The van der Waals surface area contributed by atoms with Gasteiger partial charge in [-0.05, 0) is 12.3 Å². The molecule has 0 amide bonds. The van der Waals surface area contributed by atoms with Crippen molar-refractivity contribution in [3.05, 3.63) is 0 Å². The molecule has 2 N–H and O–H groups in total. The second kappa shape index (κ2) is 5.13. The number of rotatable bonds is 3. The second-order valence-electron chi connectivity index (χ2n) is 5.08. The Morgan fingerprint density at radius 1 is 1.07 bits per heavy atom. The fourth-order valence-corrected chi connectivity index (χ4v) is 2.72. The van der Waals surface area contributed by atoms with E-state index >= 15 is 0 Å². The molecule has 1 heterocycles. The summed E-state index contributed by atoms with van der Waals surface area (Å²) in [6.45, 7) is 2.07. The van der Waals surface area contributed by atoms with Gasteiger partial charge >= 0.3 is 0 Å². The van der Waals surface area contributed by atoms with Crippen molar-refractivity contribution in [2.24, 2.45) is 11.8 Å². The summed E-state index contributed by atoms with van der Waals surface area (Å²) >= 11 is 0. The molecule has 0 spiro atoms. The molecule has 1 saturated heterocycles. The van der Waals surface area contributed by atoms with Crippen LogP contribution in [-0.4, -0.2) is 24.3 Å². The van der Waals surface area contributed by atoms with Gasteiger partial charge in [0.25, 0.3) is 0 Å². The molecule has 1 unspecified atom stereocenters. The van der Waals surface area contributed by atoms with E-state index in [4.69, 9.17) is 0 Å². The second-order valence-corrected chi connectivity index (χ2v) is 5.08. The van der Waals surface area contributed by atoms with Crippen molar-refractivity contribution in [2.45, 2.75) is 51.0 Å². The van der Waals surface area contributed by atoms with Crippen LogP contribution in [0.4, 0.5) is 0 Å². The lowest BCUT2D eigenvalue weighted by Crippen LogP contribution is -2.48. The van der Waals surface area contributed by atoms with E-state index in [1.807, 2.05) is 0 Å². The third-order valence-electron chi connectivity index (χ3n) is 3.91. The van der Waals surface area contributed by atoms with Crippen LogP contribution < -0.4 is 5.32 Å². The van der Waals surface area contributed by atoms with Gasteiger partial charge in [0.2, 0.25) is 0 Å². The highest BCUT2D eigenvalue weighted by Crippen LogP contribution is 2.28. The van der Waals surface area contributed by atoms with Gasteiger partial charge in [-0.3, -0.25) is 0 Å². The van der Waals surface area contributed by atoms with Gasteiger partial charge in [-0.1, -0.05) is 38.5 Å². The topological polar surface area (TPSA) is 32.3 Å². The van der Waals surface area contributed by atoms with Gasteiger partial charge in [-0.25, -0.2) is 0 Å². The van der Waals surface area contributed by atoms with Crippen LogP contribution in [0.2, 0.25) is 0 Å². The molecule has 2 fully saturated rings. The summed E-state index contributed by atoms with van der Waals surface area (Å²) in [5, 5.41) is 13.2. The summed E-state index contributed by atoms with van der Waals surface area (Å²) in [4.78, 5) is 0. The van der Waals surface area contributed by atoms with Crippen molar-refractivity contribution in [1.29, 1.82) is 0 Å². The third kappa shape index (κ3) is 2.71. The van der Waals surface area contributed by atoms with Crippen molar-refractivity contribution < 1.29 is 5.11 Å². The summed E-state index contributed by atoms with van der Waals surface area (Å²) in [5.74, 6) is 1.37. The molecule has 2 aliphatic rings. The molecule has 2 nitrogen and oxygen atoms in total. The molecule has 1 aliphatic carbocycles. The van der Waals surface area contributed by atoms with Gasteiger partial charge in [0.15, 0.2) is 0 Å². The number of nitrogens with one attached hydrogen (secondary N) is 1. The minimum Gasteiger partial charge on any atom is -0.393 e. The Balaban J connectivity index is 1.71. The van der Waals surface area contributed by atoms with Crippen molar-refractivity contribution >= 4 is 0 Å². The molecule has 82 valence electrons. The predicted molar refractivity (Wildman–Crippen MR) is 58.2 cm³/mol. The third-order valence-corrected chi connectivity index (χ3v) is 3.91. The van der Waals surface area contributed by atoms with Crippen molar-refractivity contribution in [2.75, 3.05) is 13.1 Å². The van der Waals surface area contributed by atoms with Crippen molar-refractivity contribution in [3.63, 3.8) is 0 Å². The van der Waals surface area contributed by atoms with E-state index in [1.165, 1.54) is 38.5 Å². The molecule has 0 aromatic heterocycles. The monoisotopic (exact) mass is 197 g/mol. The first-order chi connectivity index (χ1) is 6.86. The SMILES string of the molecule is OC(CC1CCCCCC1)C1CNC1. The molecule has 1 saturated carbocycles. The normalized spacial score (nSPS) is 28.1. The highest BCUT2D eigenvalue weighted by Gasteiger charge is 2.27. The number of aliphatic hydroxyl groups excluding tert-OH is 1. The Morgan fingerprint density at radius 3 is 2.21 bits per heavy atom. The maximum Gasteiger partial charge on any atom is 0.0595 e. The van der Waals surface area contributed by atoms with E-state index in [1.54, 1.807) is 0 Å². The average Bonchev–Trinajstić information content (AvgIpc) is 2.29. The van der Waals surface area contributed by atoms with Crippen LogP contribution in [0, 0.1) is 11.8 Å². The van der Waals surface area contributed by atoms with Crippen LogP contribution in [0.15, 0.2) is 0 Å².